The maximum atomic E-state index is 5.13. The van der Waals surface area contributed by atoms with Crippen LogP contribution in [-0.4, -0.2) is 29.9 Å². The van der Waals surface area contributed by atoms with Crippen molar-refractivity contribution in [3.63, 3.8) is 0 Å². The number of hydrogen-bond donors (Lipinski definition) is 0. The van der Waals surface area contributed by atoms with Crippen molar-refractivity contribution in [1.82, 2.24) is 29.9 Å². The van der Waals surface area contributed by atoms with Crippen LogP contribution in [0.25, 0.3) is 89.9 Å². The molecule has 10 aromatic rings. The molecule has 6 heteroatoms. The maximum absolute atomic E-state index is 5.13. The first-order valence-electron chi connectivity index (χ1n) is 21.5. The molecule has 2 aromatic heterocycles. The van der Waals surface area contributed by atoms with Gasteiger partial charge in [-0.15, -0.1) is 0 Å². The van der Waals surface area contributed by atoms with Gasteiger partial charge in [0.25, 0.3) is 0 Å². The Morgan fingerprint density at radius 3 is 1.03 bits per heavy atom. The Bertz CT molecular complexity index is 2970. The van der Waals surface area contributed by atoms with Gasteiger partial charge in [-0.05, 0) is 45.5 Å². The third-order valence-electron chi connectivity index (χ3n) is 12.5. The highest BCUT2D eigenvalue weighted by Gasteiger charge is 2.36. The third-order valence-corrected chi connectivity index (χ3v) is 12.5. The predicted octanol–water partition coefficient (Wildman–Crippen LogP) is 13.6. The summed E-state index contributed by atoms with van der Waals surface area (Å²) < 4.78 is 0. The van der Waals surface area contributed by atoms with Crippen LogP contribution in [0, 0.1) is 0 Å². The first-order chi connectivity index (χ1) is 30.7. The monoisotopic (exact) mass is 798 g/mol. The normalized spacial score (nSPS) is 13.6. The van der Waals surface area contributed by atoms with Crippen molar-refractivity contribution < 1.29 is 0 Å². The lowest BCUT2D eigenvalue weighted by Crippen LogP contribution is -2.30. The summed E-state index contributed by atoms with van der Waals surface area (Å²) in [5, 5.41) is 4.53. The van der Waals surface area contributed by atoms with Gasteiger partial charge < -0.3 is 0 Å². The Morgan fingerprint density at radius 1 is 0.274 bits per heavy atom. The minimum atomic E-state index is -0.125. The molecule has 0 aliphatic heterocycles. The molecule has 0 saturated heterocycles. The highest BCUT2D eigenvalue weighted by atomic mass is 15.0. The van der Waals surface area contributed by atoms with E-state index in [2.05, 4.69) is 158 Å². The summed E-state index contributed by atoms with van der Waals surface area (Å²) in [4.78, 5) is 30.5. The van der Waals surface area contributed by atoms with Crippen molar-refractivity contribution in [2.75, 3.05) is 0 Å². The molecule has 2 heterocycles. The molecule has 8 aromatic carbocycles. The van der Waals surface area contributed by atoms with Crippen molar-refractivity contribution in [3.8, 4) is 68.3 Å². The van der Waals surface area contributed by atoms with Crippen LogP contribution in [0.3, 0.4) is 0 Å². The fourth-order valence-corrected chi connectivity index (χ4v) is 9.30. The van der Waals surface area contributed by atoms with E-state index in [0.717, 1.165) is 67.8 Å². The molecule has 0 atom stereocenters. The molecule has 0 N–H and O–H groups in total. The van der Waals surface area contributed by atoms with E-state index in [0.29, 0.717) is 34.9 Å². The summed E-state index contributed by atoms with van der Waals surface area (Å²) >= 11 is 0. The fourth-order valence-electron chi connectivity index (χ4n) is 9.30. The molecule has 6 nitrogen and oxygen atoms in total. The molecule has 1 aliphatic rings. The van der Waals surface area contributed by atoms with E-state index in [9.17, 15) is 0 Å². The first-order valence-corrected chi connectivity index (χ1v) is 21.5. The molecule has 0 amide bonds. The van der Waals surface area contributed by atoms with E-state index in [-0.39, 0.29) is 5.41 Å². The molecule has 62 heavy (non-hydrogen) atoms. The summed E-state index contributed by atoms with van der Waals surface area (Å²) in [7, 11) is 0. The molecule has 0 radical (unpaired) electrons. The maximum Gasteiger partial charge on any atom is 0.164 e. The van der Waals surface area contributed by atoms with Gasteiger partial charge in [0.1, 0.15) is 0 Å². The minimum absolute atomic E-state index is 0.125. The lowest BCUT2D eigenvalue weighted by molar-refractivity contribution is 0.346. The quantitative estimate of drug-likeness (QED) is 0.152. The standard InChI is InChI=1S/C56H42N6/c1-4-18-40(19-5-1)50-57-52(61-54(59-50)48-26-14-22-38-16-8-10-24-46(38)48)42-28-32-44(33-29-42)56(36-12-3-13-37-56)45-34-30-43(31-35-45)53-58-51(41-20-6-2-7-21-41)60-55(62-53)49-27-15-23-39-17-9-11-25-47(39)49/h1-2,4-11,14-35H,3,12-13,36-37H2. The van der Waals surface area contributed by atoms with Gasteiger partial charge in [-0.3, -0.25) is 0 Å². The largest absolute Gasteiger partial charge is 0.208 e. The van der Waals surface area contributed by atoms with Crippen molar-refractivity contribution in [3.05, 3.63) is 205 Å². The number of hydrogen-bond acceptors (Lipinski definition) is 6. The summed E-state index contributed by atoms with van der Waals surface area (Å²) in [5.41, 5.74) is 8.31. The SMILES string of the molecule is c1ccc(-c2nc(-c3ccc(C4(c5ccc(-c6nc(-c7ccccc7)nc(-c7cccc8ccccc78)n6)cc5)CCCCC4)cc3)nc(-c3cccc4ccccc34)n2)cc1. The second-order valence-electron chi connectivity index (χ2n) is 16.2. The average molecular weight is 799 g/mol. The number of fused-ring (bicyclic) bond motifs is 2. The van der Waals surface area contributed by atoms with Crippen molar-refractivity contribution >= 4 is 21.5 Å². The molecule has 1 saturated carbocycles. The molecule has 0 unspecified atom stereocenters. The van der Waals surface area contributed by atoms with Crippen LogP contribution in [0.4, 0.5) is 0 Å². The summed E-state index contributed by atoms with van der Waals surface area (Å²) in [6, 6.07) is 67.7. The van der Waals surface area contributed by atoms with E-state index in [1.165, 1.54) is 30.4 Å². The summed E-state index contributed by atoms with van der Waals surface area (Å²) in [5.74, 6) is 3.96. The number of rotatable bonds is 8. The Morgan fingerprint density at radius 2 is 0.613 bits per heavy atom. The second kappa shape index (κ2) is 16.1. The van der Waals surface area contributed by atoms with Crippen molar-refractivity contribution in [2.45, 2.75) is 37.5 Å². The van der Waals surface area contributed by atoms with E-state index in [1.807, 2.05) is 36.4 Å². The van der Waals surface area contributed by atoms with Gasteiger partial charge in [0.15, 0.2) is 34.9 Å². The zero-order chi connectivity index (χ0) is 41.3. The smallest absolute Gasteiger partial charge is 0.164 e. The van der Waals surface area contributed by atoms with Crippen LogP contribution < -0.4 is 0 Å². The number of nitrogens with zero attached hydrogens (tertiary/aromatic N) is 6. The first kappa shape index (κ1) is 37.3. The van der Waals surface area contributed by atoms with Gasteiger partial charge in [0.05, 0.1) is 0 Å². The van der Waals surface area contributed by atoms with Gasteiger partial charge in [0.2, 0.25) is 0 Å². The summed E-state index contributed by atoms with van der Waals surface area (Å²) in [6.07, 6.45) is 5.75. The average Bonchev–Trinajstić information content (AvgIpc) is 3.36. The lowest BCUT2D eigenvalue weighted by atomic mass is 9.65. The van der Waals surface area contributed by atoms with E-state index in [1.54, 1.807) is 0 Å². The van der Waals surface area contributed by atoms with Gasteiger partial charge >= 0.3 is 0 Å². The summed E-state index contributed by atoms with van der Waals surface area (Å²) in [6.45, 7) is 0. The van der Waals surface area contributed by atoms with Crippen LogP contribution in [0.5, 0.6) is 0 Å². The molecular weight excluding hydrogens is 757 g/mol. The number of aromatic nitrogens is 6. The van der Waals surface area contributed by atoms with Crippen LogP contribution in [0.2, 0.25) is 0 Å². The zero-order valence-electron chi connectivity index (χ0n) is 34.2. The number of benzene rings is 8. The van der Waals surface area contributed by atoms with Crippen LogP contribution in [0.1, 0.15) is 43.2 Å². The Hall–Kier alpha value is -7.70. The van der Waals surface area contributed by atoms with Crippen LogP contribution >= 0.6 is 0 Å². The van der Waals surface area contributed by atoms with Gasteiger partial charge in [-0.25, -0.2) is 29.9 Å². The Labute approximate surface area is 361 Å². The second-order valence-corrected chi connectivity index (χ2v) is 16.2. The fraction of sp³-hybridized carbons (Fsp3) is 0.107. The molecule has 1 aliphatic carbocycles. The van der Waals surface area contributed by atoms with Crippen LogP contribution in [-0.2, 0) is 5.41 Å². The lowest BCUT2D eigenvalue weighted by Gasteiger charge is -2.39. The van der Waals surface area contributed by atoms with Gasteiger partial charge in [0, 0.05) is 38.8 Å². The van der Waals surface area contributed by atoms with E-state index >= 15 is 0 Å². The predicted molar refractivity (Wildman–Crippen MR) is 251 cm³/mol. The third kappa shape index (κ3) is 6.99. The van der Waals surface area contributed by atoms with E-state index in [4.69, 9.17) is 29.9 Å². The Balaban J connectivity index is 0.966. The zero-order valence-corrected chi connectivity index (χ0v) is 34.2. The highest BCUT2D eigenvalue weighted by Crippen LogP contribution is 2.46. The molecule has 1 fully saturated rings. The topological polar surface area (TPSA) is 77.3 Å². The van der Waals surface area contributed by atoms with Gasteiger partial charge in [-0.2, -0.15) is 0 Å². The molecule has 0 bridgehead atoms. The van der Waals surface area contributed by atoms with Crippen molar-refractivity contribution in [2.24, 2.45) is 0 Å². The van der Waals surface area contributed by atoms with Crippen LogP contribution in [0.15, 0.2) is 194 Å². The molecule has 0 spiro atoms. The molecule has 296 valence electrons. The molecule has 11 rings (SSSR count). The Kier molecular flexibility index (Phi) is 9.66. The van der Waals surface area contributed by atoms with Gasteiger partial charge in [-0.1, -0.05) is 213 Å². The molecular formula is C56H42N6. The highest BCUT2D eigenvalue weighted by molar-refractivity contribution is 5.96. The van der Waals surface area contributed by atoms with E-state index < -0.39 is 0 Å². The van der Waals surface area contributed by atoms with Crippen molar-refractivity contribution in [1.29, 1.82) is 0 Å². The minimum Gasteiger partial charge on any atom is -0.208 e.